The van der Waals surface area contributed by atoms with E-state index < -0.39 is 0 Å². The molecular weight excluding hydrogens is 214 g/mol. The second-order valence-electron chi connectivity index (χ2n) is 5.27. The van der Waals surface area contributed by atoms with Crippen LogP contribution >= 0.6 is 0 Å². The van der Waals surface area contributed by atoms with Gasteiger partial charge in [0.2, 0.25) is 5.91 Å². The Kier molecular flexibility index (Phi) is 2.64. The summed E-state index contributed by atoms with van der Waals surface area (Å²) in [6.45, 7) is 2.09. The summed E-state index contributed by atoms with van der Waals surface area (Å²) >= 11 is 0. The summed E-state index contributed by atoms with van der Waals surface area (Å²) in [5, 5.41) is 12.3. The molecule has 0 spiro atoms. The van der Waals surface area contributed by atoms with Crippen LogP contribution in [-0.4, -0.2) is 36.5 Å². The van der Waals surface area contributed by atoms with Crippen molar-refractivity contribution in [1.29, 1.82) is 5.26 Å². The Morgan fingerprint density at radius 3 is 2.94 bits per heavy atom. The largest absolute Gasteiger partial charge is 0.324 e. The number of fused-ring (bicyclic) bond motifs is 2. The molecule has 3 rings (SSSR count). The summed E-state index contributed by atoms with van der Waals surface area (Å²) in [6.07, 6.45) is 6.57. The minimum absolute atomic E-state index is 0.138. The fourth-order valence-corrected chi connectivity index (χ4v) is 3.36. The van der Waals surface area contributed by atoms with E-state index in [1.807, 2.05) is 0 Å². The van der Waals surface area contributed by atoms with Crippen molar-refractivity contribution in [2.24, 2.45) is 17.8 Å². The molecule has 1 saturated heterocycles. The molecule has 4 atom stereocenters. The molecule has 4 heteroatoms. The molecule has 3 aliphatic rings. The zero-order valence-electron chi connectivity index (χ0n) is 9.80. The monoisotopic (exact) mass is 231 g/mol. The standard InChI is InChI=1S/C13H17N3O/c14-7-11-8-15-3-4-16(11)13(17)12-6-9-1-2-10(12)5-9/h1-2,9-12,15H,3-6,8H2. The Bertz CT molecular complexity index is 398. The Balaban J connectivity index is 1.73. The number of nitrogens with one attached hydrogen (secondary N) is 1. The average molecular weight is 231 g/mol. The van der Waals surface area contributed by atoms with Gasteiger partial charge in [-0.25, -0.2) is 0 Å². The van der Waals surface area contributed by atoms with Crippen LogP contribution in [0.4, 0.5) is 0 Å². The van der Waals surface area contributed by atoms with Gasteiger partial charge in [0.05, 0.1) is 6.07 Å². The van der Waals surface area contributed by atoms with Crippen molar-refractivity contribution < 1.29 is 4.79 Å². The van der Waals surface area contributed by atoms with E-state index >= 15 is 0 Å². The van der Waals surface area contributed by atoms with Gasteiger partial charge in [-0.15, -0.1) is 0 Å². The zero-order chi connectivity index (χ0) is 11.8. The van der Waals surface area contributed by atoms with Crippen molar-refractivity contribution >= 4 is 5.91 Å². The lowest BCUT2D eigenvalue weighted by Crippen LogP contribution is -2.54. The van der Waals surface area contributed by atoms with Gasteiger partial charge < -0.3 is 10.2 Å². The first-order valence-electron chi connectivity index (χ1n) is 6.38. The van der Waals surface area contributed by atoms with Crippen LogP contribution in [0.2, 0.25) is 0 Å². The average Bonchev–Trinajstić information content (AvgIpc) is 3.00. The highest BCUT2D eigenvalue weighted by atomic mass is 16.2. The Labute approximate surface area is 101 Å². The predicted molar refractivity (Wildman–Crippen MR) is 62.8 cm³/mol. The molecule has 4 nitrogen and oxygen atoms in total. The van der Waals surface area contributed by atoms with Crippen molar-refractivity contribution in [3.05, 3.63) is 12.2 Å². The van der Waals surface area contributed by atoms with Crippen LogP contribution in [-0.2, 0) is 4.79 Å². The number of amides is 1. The maximum atomic E-state index is 12.5. The number of nitrogens with zero attached hydrogens (tertiary/aromatic N) is 2. The highest BCUT2D eigenvalue weighted by molar-refractivity contribution is 5.81. The van der Waals surface area contributed by atoms with Crippen LogP contribution in [0.3, 0.4) is 0 Å². The summed E-state index contributed by atoms with van der Waals surface area (Å²) in [4.78, 5) is 14.3. The molecule has 1 N–H and O–H groups in total. The Morgan fingerprint density at radius 2 is 2.29 bits per heavy atom. The van der Waals surface area contributed by atoms with Gasteiger partial charge in [0.25, 0.3) is 0 Å². The molecule has 1 amide bonds. The fraction of sp³-hybridized carbons (Fsp3) is 0.692. The van der Waals surface area contributed by atoms with E-state index in [1.165, 1.54) is 0 Å². The Hall–Kier alpha value is -1.34. The summed E-state index contributed by atoms with van der Waals surface area (Å²) in [5.74, 6) is 1.38. The van der Waals surface area contributed by atoms with E-state index in [-0.39, 0.29) is 17.9 Å². The van der Waals surface area contributed by atoms with Crippen molar-refractivity contribution in [3.63, 3.8) is 0 Å². The molecule has 1 heterocycles. The molecule has 0 aromatic carbocycles. The van der Waals surface area contributed by atoms with Crippen molar-refractivity contribution in [3.8, 4) is 6.07 Å². The van der Waals surface area contributed by atoms with E-state index in [0.29, 0.717) is 24.9 Å². The van der Waals surface area contributed by atoms with Crippen LogP contribution in [0.1, 0.15) is 12.8 Å². The third kappa shape index (κ3) is 1.75. The van der Waals surface area contributed by atoms with Gasteiger partial charge in [-0.05, 0) is 24.7 Å². The number of carbonyl (C=O) groups excluding carboxylic acids is 1. The second kappa shape index (κ2) is 4.15. The molecule has 1 aliphatic heterocycles. The molecule has 90 valence electrons. The van der Waals surface area contributed by atoms with Crippen LogP contribution in [0.15, 0.2) is 12.2 Å². The third-order valence-corrected chi connectivity index (χ3v) is 4.27. The van der Waals surface area contributed by atoms with Gasteiger partial charge in [0.1, 0.15) is 6.04 Å². The van der Waals surface area contributed by atoms with E-state index in [4.69, 9.17) is 5.26 Å². The molecule has 0 aromatic heterocycles. The van der Waals surface area contributed by atoms with Gasteiger partial charge >= 0.3 is 0 Å². The number of nitriles is 1. The lowest BCUT2D eigenvalue weighted by Gasteiger charge is -2.35. The summed E-state index contributed by atoms with van der Waals surface area (Å²) < 4.78 is 0. The number of hydrogen-bond donors (Lipinski definition) is 1. The normalized spacial score (nSPS) is 39.4. The van der Waals surface area contributed by atoms with Gasteiger partial charge in [0, 0.05) is 25.6 Å². The highest BCUT2D eigenvalue weighted by Gasteiger charge is 2.43. The lowest BCUT2D eigenvalue weighted by atomic mass is 9.91. The topological polar surface area (TPSA) is 56.1 Å². The number of allylic oxidation sites excluding steroid dienone is 2. The molecule has 0 radical (unpaired) electrons. The van der Waals surface area contributed by atoms with E-state index in [2.05, 4.69) is 23.5 Å². The van der Waals surface area contributed by atoms with Crippen molar-refractivity contribution in [2.45, 2.75) is 18.9 Å². The third-order valence-electron chi connectivity index (χ3n) is 4.27. The molecule has 1 saturated carbocycles. The number of hydrogen-bond acceptors (Lipinski definition) is 3. The fourth-order valence-electron chi connectivity index (χ4n) is 3.36. The summed E-state index contributed by atoms with van der Waals surface area (Å²) in [7, 11) is 0. The molecule has 2 bridgehead atoms. The van der Waals surface area contributed by atoms with Crippen LogP contribution < -0.4 is 5.32 Å². The Morgan fingerprint density at radius 1 is 1.41 bits per heavy atom. The molecule has 0 aromatic rings. The minimum Gasteiger partial charge on any atom is -0.324 e. The van der Waals surface area contributed by atoms with E-state index in [9.17, 15) is 4.79 Å². The smallest absolute Gasteiger partial charge is 0.227 e. The molecule has 2 fully saturated rings. The van der Waals surface area contributed by atoms with Gasteiger partial charge in [0.15, 0.2) is 0 Å². The van der Waals surface area contributed by atoms with Gasteiger partial charge in [-0.2, -0.15) is 5.26 Å². The summed E-state index contributed by atoms with van der Waals surface area (Å²) in [5.41, 5.74) is 0. The van der Waals surface area contributed by atoms with Crippen molar-refractivity contribution in [1.82, 2.24) is 10.2 Å². The van der Waals surface area contributed by atoms with Crippen LogP contribution in [0, 0.1) is 29.1 Å². The van der Waals surface area contributed by atoms with Crippen LogP contribution in [0.25, 0.3) is 0 Å². The maximum absolute atomic E-state index is 12.5. The van der Waals surface area contributed by atoms with Gasteiger partial charge in [-0.3, -0.25) is 4.79 Å². The first-order valence-corrected chi connectivity index (χ1v) is 6.38. The first-order chi connectivity index (χ1) is 8.29. The molecular formula is C13H17N3O. The number of rotatable bonds is 1. The van der Waals surface area contributed by atoms with E-state index in [0.717, 1.165) is 19.4 Å². The number of piperazine rings is 1. The SMILES string of the molecule is N#CC1CNCCN1C(=O)C1CC2C=CC1C2. The predicted octanol–water partition coefficient (Wildman–Crippen LogP) is 0.523. The van der Waals surface area contributed by atoms with Gasteiger partial charge in [-0.1, -0.05) is 12.2 Å². The van der Waals surface area contributed by atoms with Crippen molar-refractivity contribution in [2.75, 3.05) is 19.6 Å². The van der Waals surface area contributed by atoms with Crippen LogP contribution in [0.5, 0.6) is 0 Å². The number of carbonyl (C=O) groups is 1. The maximum Gasteiger partial charge on any atom is 0.227 e. The molecule has 2 aliphatic carbocycles. The molecule has 4 unspecified atom stereocenters. The molecule has 17 heavy (non-hydrogen) atoms. The minimum atomic E-state index is -0.278. The lowest BCUT2D eigenvalue weighted by molar-refractivity contribution is -0.138. The highest BCUT2D eigenvalue weighted by Crippen LogP contribution is 2.44. The zero-order valence-corrected chi connectivity index (χ0v) is 9.80. The quantitative estimate of drug-likeness (QED) is 0.669. The first kappa shape index (κ1) is 10.8. The van der Waals surface area contributed by atoms with E-state index in [1.54, 1.807) is 4.90 Å². The summed E-state index contributed by atoms with van der Waals surface area (Å²) in [6, 6.07) is 1.95. The second-order valence-corrected chi connectivity index (χ2v) is 5.27.